The first-order valence-corrected chi connectivity index (χ1v) is 8.02. The summed E-state index contributed by atoms with van der Waals surface area (Å²) in [5, 5.41) is 7.40. The topological polar surface area (TPSA) is 36.5 Å². The minimum Gasteiger partial charge on any atom is -0.379 e. The van der Waals surface area contributed by atoms with E-state index in [-0.39, 0.29) is 0 Å². The van der Waals surface area contributed by atoms with Gasteiger partial charge in [0, 0.05) is 31.7 Å². The molecule has 0 aromatic rings. The highest BCUT2D eigenvalue weighted by Gasteiger charge is 2.38. The van der Waals surface area contributed by atoms with E-state index in [4.69, 9.17) is 17.0 Å². The summed E-state index contributed by atoms with van der Waals surface area (Å²) in [6, 6.07) is 0. The smallest absolute Gasteiger partial charge is 0.166 e. The van der Waals surface area contributed by atoms with E-state index in [9.17, 15) is 0 Å². The molecule has 2 aliphatic rings. The number of nitrogens with zero attached hydrogens (tertiary/aromatic N) is 1. The Hall–Kier alpha value is -0.390. The number of hydrogen-bond acceptors (Lipinski definition) is 3. The number of nitrogens with one attached hydrogen (secondary N) is 2. The fourth-order valence-corrected chi connectivity index (χ4v) is 3.54. The second kappa shape index (κ2) is 7.41. The van der Waals surface area contributed by atoms with Crippen LogP contribution in [0.4, 0.5) is 0 Å². The van der Waals surface area contributed by atoms with E-state index in [0.717, 1.165) is 44.5 Å². The number of rotatable bonds is 4. The summed E-state index contributed by atoms with van der Waals surface area (Å²) in [5.74, 6) is 0. The molecule has 0 atom stereocenters. The van der Waals surface area contributed by atoms with Crippen molar-refractivity contribution in [2.75, 3.05) is 39.4 Å². The maximum absolute atomic E-state index is 5.50. The van der Waals surface area contributed by atoms with Gasteiger partial charge in [0.25, 0.3) is 0 Å². The molecule has 1 aliphatic carbocycles. The van der Waals surface area contributed by atoms with Crippen molar-refractivity contribution in [3.63, 3.8) is 0 Å². The minimum atomic E-state index is 0.293. The molecule has 0 amide bonds. The van der Waals surface area contributed by atoms with Crippen LogP contribution in [0, 0.1) is 0 Å². The lowest BCUT2D eigenvalue weighted by Crippen LogP contribution is -2.60. The highest BCUT2D eigenvalue weighted by molar-refractivity contribution is 7.80. The molecule has 2 rings (SSSR count). The van der Waals surface area contributed by atoms with Crippen LogP contribution in [-0.2, 0) is 4.74 Å². The molecule has 0 aromatic heterocycles. The fraction of sp³-hybridized carbons (Fsp3) is 0.929. The van der Waals surface area contributed by atoms with E-state index in [1.807, 2.05) is 0 Å². The molecule has 1 aliphatic heterocycles. The maximum atomic E-state index is 5.50. The first kappa shape index (κ1) is 15.0. The summed E-state index contributed by atoms with van der Waals surface area (Å²) in [5.41, 5.74) is 0.293. The molecule has 110 valence electrons. The fourth-order valence-electron chi connectivity index (χ4n) is 3.32. The first-order chi connectivity index (χ1) is 9.27. The second-order valence-electron chi connectivity index (χ2n) is 5.60. The summed E-state index contributed by atoms with van der Waals surface area (Å²) in [4.78, 5) is 2.64. The van der Waals surface area contributed by atoms with Crippen molar-refractivity contribution < 1.29 is 4.74 Å². The van der Waals surface area contributed by atoms with Crippen molar-refractivity contribution in [1.29, 1.82) is 0 Å². The van der Waals surface area contributed by atoms with E-state index in [0.29, 0.717) is 5.54 Å². The zero-order chi connectivity index (χ0) is 13.6. The molecule has 0 spiro atoms. The molecule has 4 nitrogen and oxygen atoms in total. The van der Waals surface area contributed by atoms with Crippen LogP contribution in [0.2, 0.25) is 0 Å². The molecule has 0 bridgehead atoms. The van der Waals surface area contributed by atoms with E-state index in [1.54, 1.807) is 0 Å². The van der Waals surface area contributed by atoms with Gasteiger partial charge in [0.05, 0.1) is 13.2 Å². The molecule has 2 fully saturated rings. The maximum Gasteiger partial charge on any atom is 0.166 e. The quantitative estimate of drug-likeness (QED) is 0.766. The summed E-state index contributed by atoms with van der Waals surface area (Å²) < 4.78 is 5.50. The third-order valence-electron chi connectivity index (χ3n) is 4.38. The highest BCUT2D eigenvalue weighted by Crippen LogP contribution is 2.33. The van der Waals surface area contributed by atoms with Crippen molar-refractivity contribution in [1.82, 2.24) is 15.5 Å². The summed E-state index contributed by atoms with van der Waals surface area (Å²) in [6.07, 6.45) is 6.63. The standard InChI is InChI=1S/C14H27N3OS/c1-2-15-13(19)16-12-14(6-4-3-5-7-14)17-8-10-18-11-9-17/h2-12H2,1H3,(H2,15,16,19). The monoisotopic (exact) mass is 285 g/mol. The zero-order valence-corrected chi connectivity index (χ0v) is 12.9. The Morgan fingerprint density at radius 2 is 1.84 bits per heavy atom. The molecular weight excluding hydrogens is 258 g/mol. The van der Waals surface area contributed by atoms with Gasteiger partial charge >= 0.3 is 0 Å². The molecule has 2 N–H and O–H groups in total. The third-order valence-corrected chi connectivity index (χ3v) is 4.67. The molecule has 1 heterocycles. The van der Waals surface area contributed by atoms with Crippen LogP contribution in [0.3, 0.4) is 0 Å². The van der Waals surface area contributed by atoms with Gasteiger partial charge in [0.2, 0.25) is 0 Å². The number of morpholine rings is 1. The van der Waals surface area contributed by atoms with Crippen LogP contribution in [0.5, 0.6) is 0 Å². The number of hydrogen-bond donors (Lipinski definition) is 2. The lowest BCUT2D eigenvalue weighted by Gasteiger charge is -2.48. The van der Waals surface area contributed by atoms with Crippen molar-refractivity contribution in [2.24, 2.45) is 0 Å². The Morgan fingerprint density at radius 3 is 2.47 bits per heavy atom. The van der Waals surface area contributed by atoms with Crippen molar-refractivity contribution in [3.05, 3.63) is 0 Å². The minimum absolute atomic E-state index is 0.293. The molecule has 5 heteroatoms. The van der Waals surface area contributed by atoms with Crippen molar-refractivity contribution >= 4 is 17.3 Å². The predicted molar refractivity (Wildman–Crippen MR) is 82.5 cm³/mol. The zero-order valence-electron chi connectivity index (χ0n) is 12.0. The van der Waals surface area contributed by atoms with E-state index < -0.39 is 0 Å². The molecule has 0 unspecified atom stereocenters. The van der Waals surface area contributed by atoms with Crippen molar-refractivity contribution in [2.45, 2.75) is 44.6 Å². The van der Waals surface area contributed by atoms with E-state index in [2.05, 4.69) is 22.5 Å². The SMILES string of the molecule is CCNC(=S)NCC1(N2CCOCC2)CCCCC1. The van der Waals surface area contributed by atoms with Gasteiger partial charge in [-0.3, -0.25) is 4.90 Å². The Balaban J connectivity index is 1.95. The third kappa shape index (κ3) is 4.04. The van der Waals surface area contributed by atoms with Crippen LogP contribution in [0.25, 0.3) is 0 Å². The lowest BCUT2D eigenvalue weighted by atomic mass is 9.80. The van der Waals surface area contributed by atoms with Crippen LogP contribution in [0.15, 0.2) is 0 Å². The van der Waals surface area contributed by atoms with Crippen LogP contribution >= 0.6 is 12.2 Å². The Labute approximate surface area is 122 Å². The summed E-state index contributed by atoms with van der Waals surface area (Å²) in [6.45, 7) is 7.81. The largest absolute Gasteiger partial charge is 0.379 e. The van der Waals surface area contributed by atoms with Gasteiger partial charge in [-0.2, -0.15) is 0 Å². The van der Waals surface area contributed by atoms with Gasteiger partial charge in [0.1, 0.15) is 0 Å². The Kier molecular flexibility index (Phi) is 5.85. The molecular formula is C14H27N3OS. The molecule has 1 saturated heterocycles. The normalized spacial score (nSPS) is 23.8. The summed E-state index contributed by atoms with van der Waals surface area (Å²) >= 11 is 5.31. The summed E-state index contributed by atoms with van der Waals surface area (Å²) in [7, 11) is 0. The first-order valence-electron chi connectivity index (χ1n) is 7.61. The van der Waals surface area contributed by atoms with Crippen molar-refractivity contribution in [3.8, 4) is 0 Å². The molecule has 0 aromatic carbocycles. The van der Waals surface area contributed by atoms with Gasteiger partial charge in [-0.1, -0.05) is 19.3 Å². The lowest BCUT2D eigenvalue weighted by molar-refractivity contribution is -0.0352. The molecule has 1 saturated carbocycles. The van der Waals surface area contributed by atoms with Gasteiger partial charge in [-0.05, 0) is 32.0 Å². The van der Waals surface area contributed by atoms with E-state index >= 15 is 0 Å². The van der Waals surface area contributed by atoms with Gasteiger partial charge < -0.3 is 15.4 Å². The molecule has 0 radical (unpaired) electrons. The van der Waals surface area contributed by atoms with Gasteiger partial charge in [-0.15, -0.1) is 0 Å². The average molecular weight is 285 g/mol. The number of thiocarbonyl (C=S) groups is 1. The van der Waals surface area contributed by atoms with Gasteiger partial charge in [-0.25, -0.2) is 0 Å². The van der Waals surface area contributed by atoms with Crippen LogP contribution < -0.4 is 10.6 Å². The van der Waals surface area contributed by atoms with Gasteiger partial charge in [0.15, 0.2) is 5.11 Å². The van der Waals surface area contributed by atoms with Crippen LogP contribution in [-0.4, -0.2) is 54.9 Å². The Bertz CT molecular complexity index is 286. The average Bonchev–Trinajstić information content (AvgIpc) is 2.47. The van der Waals surface area contributed by atoms with Crippen LogP contribution in [0.1, 0.15) is 39.0 Å². The second-order valence-corrected chi connectivity index (χ2v) is 6.01. The predicted octanol–water partition coefficient (Wildman–Crippen LogP) is 1.51. The van der Waals surface area contributed by atoms with E-state index in [1.165, 1.54) is 32.1 Å². The molecule has 19 heavy (non-hydrogen) atoms. The number of ether oxygens (including phenoxy) is 1. The Morgan fingerprint density at radius 1 is 1.16 bits per heavy atom. The highest BCUT2D eigenvalue weighted by atomic mass is 32.1.